The first-order chi connectivity index (χ1) is 8.04. The zero-order valence-corrected chi connectivity index (χ0v) is 11.4. The maximum Gasteiger partial charge on any atom is 0.257 e. The van der Waals surface area contributed by atoms with Crippen molar-refractivity contribution in [2.45, 2.75) is 6.92 Å². The van der Waals surface area contributed by atoms with Crippen LogP contribution in [0.2, 0.25) is 0 Å². The Kier molecular flexibility index (Phi) is 3.44. The number of nitrogens with one attached hydrogen (secondary N) is 1. The summed E-state index contributed by atoms with van der Waals surface area (Å²) in [5.74, 6) is -0.206. The van der Waals surface area contributed by atoms with E-state index in [-0.39, 0.29) is 5.91 Å². The molecule has 4 nitrogen and oxygen atoms in total. The minimum Gasteiger partial charge on any atom is -0.399 e. The summed E-state index contributed by atoms with van der Waals surface area (Å²) in [6.07, 6.45) is 1.64. The lowest BCUT2D eigenvalue weighted by Crippen LogP contribution is -2.12. The molecule has 0 saturated heterocycles. The third-order valence-corrected chi connectivity index (χ3v) is 3.45. The molecule has 1 aromatic carbocycles. The Hall–Kier alpha value is -1.40. The Morgan fingerprint density at radius 1 is 1.47 bits per heavy atom. The van der Waals surface area contributed by atoms with Gasteiger partial charge in [0.15, 0.2) is 5.13 Å². The maximum absolute atomic E-state index is 11.9. The molecule has 0 aliphatic carbocycles. The largest absolute Gasteiger partial charge is 0.399 e. The smallest absolute Gasteiger partial charge is 0.257 e. The standard InChI is InChI=1S/C11H10BrN3OS/c1-6-2-7(4-8(13)3-6)10(16)15-11-14-5-9(12)17-11/h2-5H,13H2,1H3,(H,14,15,16). The molecule has 0 atom stereocenters. The van der Waals surface area contributed by atoms with Gasteiger partial charge in [-0.25, -0.2) is 4.98 Å². The molecule has 17 heavy (non-hydrogen) atoms. The van der Waals surface area contributed by atoms with E-state index in [0.717, 1.165) is 9.35 Å². The van der Waals surface area contributed by atoms with E-state index in [1.807, 2.05) is 13.0 Å². The number of benzene rings is 1. The molecular weight excluding hydrogens is 302 g/mol. The van der Waals surface area contributed by atoms with E-state index in [1.165, 1.54) is 11.3 Å². The zero-order chi connectivity index (χ0) is 12.4. The van der Waals surface area contributed by atoms with Crippen molar-refractivity contribution >= 4 is 44.0 Å². The van der Waals surface area contributed by atoms with E-state index in [2.05, 4.69) is 26.2 Å². The van der Waals surface area contributed by atoms with E-state index >= 15 is 0 Å². The van der Waals surface area contributed by atoms with Gasteiger partial charge in [-0.1, -0.05) is 11.3 Å². The fraction of sp³-hybridized carbons (Fsp3) is 0.0909. The molecule has 0 bridgehead atoms. The van der Waals surface area contributed by atoms with Crippen LogP contribution in [0.4, 0.5) is 10.8 Å². The molecule has 88 valence electrons. The highest BCUT2D eigenvalue weighted by Gasteiger charge is 2.09. The summed E-state index contributed by atoms with van der Waals surface area (Å²) in [6.45, 7) is 1.90. The van der Waals surface area contributed by atoms with Gasteiger partial charge in [-0.2, -0.15) is 0 Å². The first kappa shape index (κ1) is 12.1. The second kappa shape index (κ2) is 4.85. The van der Waals surface area contributed by atoms with Crippen LogP contribution in [0, 0.1) is 6.92 Å². The number of rotatable bonds is 2. The zero-order valence-electron chi connectivity index (χ0n) is 9.03. The molecule has 0 spiro atoms. The minimum atomic E-state index is -0.206. The van der Waals surface area contributed by atoms with E-state index in [9.17, 15) is 4.79 Å². The number of aromatic nitrogens is 1. The van der Waals surface area contributed by atoms with Crippen molar-refractivity contribution in [3.8, 4) is 0 Å². The summed E-state index contributed by atoms with van der Waals surface area (Å²) >= 11 is 4.65. The summed E-state index contributed by atoms with van der Waals surface area (Å²) in [5.41, 5.74) is 7.76. The van der Waals surface area contributed by atoms with E-state index in [0.29, 0.717) is 16.4 Å². The third kappa shape index (κ3) is 3.04. The van der Waals surface area contributed by atoms with Gasteiger partial charge in [0.2, 0.25) is 0 Å². The molecular formula is C11H10BrN3OS. The van der Waals surface area contributed by atoms with E-state index in [4.69, 9.17) is 5.73 Å². The number of amides is 1. The van der Waals surface area contributed by atoms with Crippen LogP contribution in [0.3, 0.4) is 0 Å². The van der Waals surface area contributed by atoms with Gasteiger partial charge in [0.05, 0.1) is 9.98 Å². The predicted molar refractivity (Wildman–Crippen MR) is 73.4 cm³/mol. The number of nitrogens with two attached hydrogens (primary N) is 1. The minimum absolute atomic E-state index is 0.206. The molecule has 2 aromatic rings. The van der Waals surface area contributed by atoms with Crippen LogP contribution in [0.1, 0.15) is 15.9 Å². The Morgan fingerprint density at radius 2 is 2.24 bits per heavy atom. The number of aryl methyl sites for hydroxylation is 1. The first-order valence-corrected chi connectivity index (χ1v) is 6.45. The van der Waals surface area contributed by atoms with Crippen LogP contribution < -0.4 is 11.1 Å². The number of thiazole rings is 1. The van der Waals surface area contributed by atoms with Crippen molar-refractivity contribution in [3.05, 3.63) is 39.3 Å². The van der Waals surface area contributed by atoms with Gasteiger partial charge >= 0.3 is 0 Å². The summed E-state index contributed by atoms with van der Waals surface area (Å²) in [4.78, 5) is 15.9. The number of nitrogen functional groups attached to an aromatic ring is 1. The molecule has 1 heterocycles. The van der Waals surface area contributed by atoms with Crippen molar-refractivity contribution < 1.29 is 4.79 Å². The molecule has 0 radical (unpaired) electrons. The lowest BCUT2D eigenvalue weighted by Gasteiger charge is -2.04. The van der Waals surface area contributed by atoms with Crippen molar-refractivity contribution in [2.24, 2.45) is 0 Å². The number of carbonyl (C=O) groups is 1. The lowest BCUT2D eigenvalue weighted by molar-refractivity contribution is 0.102. The number of carbonyl (C=O) groups excluding carboxylic acids is 1. The average molecular weight is 312 g/mol. The molecule has 0 aliphatic rings. The molecule has 6 heteroatoms. The second-order valence-corrected chi connectivity index (χ2v) is 5.97. The highest BCUT2D eigenvalue weighted by molar-refractivity contribution is 9.11. The van der Waals surface area contributed by atoms with Crippen LogP contribution >= 0.6 is 27.3 Å². The monoisotopic (exact) mass is 311 g/mol. The molecule has 2 rings (SSSR count). The highest BCUT2D eigenvalue weighted by atomic mass is 79.9. The van der Waals surface area contributed by atoms with Crippen molar-refractivity contribution in [2.75, 3.05) is 11.1 Å². The quantitative estimate of drug-likeness (QED) is 0.838. The number of anilines is 2. The van der Waals surface area contributed by atoms with E-state index < -0.39 is 0 Å². The van der Waals surface area contributed by atoms with Gasteiger partial charge in [0.1, 0.15) is 0 Å². The second-order valence-electron chi connectivity index (χ2n) is 3.56. The SMILES string of the molecule is Cc1cc(N)cc(C(=O)Nc2ncc(Br)s2)c1. The molecule has 3 N–H and O–H groups in total. The molecule has 0 saturated carbocycles. The summed E-state index contributed by atoms with van der Waals surface area (Å²) in [5, 5.41) is 3.27. The average Bonchev–Trinajstić information content (AvgIpc) is 2.62. The molecule has 1 aromatic heterocycles. The fourth-order valence-corrected chi connectivity index (χ4v) is 2.53. The van der Waals surface area contributed by atoms with Crippen LogP contribution in [-0.2, 0) is 0 Å². The number of halogens is 1. The van der Waals surface area contributed by atoms with Gasteiger partial charge in [-0.3, -0.25) is 10.1 Å². The van der Waals surface area contributed by atoms with Crippen LogP contribution in [-0.4, -0.2) is 10.9 Å². The van der Waals surface area contributed by atoms with Gasteiger partial charge in [-0.05, 0) is 46.6 Å². The van der Waals surface area contributed by atoms with E-state index in [1.54, 1.807) is 18.3 Å². The van der Waals surface area contributed by atoms with Gasteiger partial charge in [-0.15, -0.1) is 0 Å². The predicted octanol–water partition coefficient (Wildman–Crippen LogP) is 3.05. The number of hydrogen-bond acceptors (Lipinski definition) is 4. The van der Waals surface area contributed by atoms with Crippen LogP contribution in [0.15, 0.2) is 28.2 Å². The Bertz CT molecular complexity index is 547. The highest BCUT2D eigenvalue weighted by Crippen LogP contribution is 2.23. The van der Waals surface area contributed by atoms with Crippen LogP contribution in [0.5, 0.6) is 0 Å². The van der Waals surface area contributed by atoms with Gasteiger partial charge in [0, 0.05) is 11.3 Å². The molecule has 1 amide bonds. The summed E-state index contributed by atoms with van der Waals surface area (Å²) in [6, 6.07) is 5.25. The summed E-state index contributed by atoms with van der Waals surface area (Å²) < 4.78 is 0.872. The van der Waals surface area contributed by atoms with Crippen molar-refractivity contribution in [1.82, 2.24) is 4.98 Å². The third-order valence-electron chi connectivity index (χ3n) is 2.06. The molecule has 0 unspecified atom stereocenters. The molecule has 0 fully saturated rings. The Balaban J connectivity index is 2.19. The van der Waals surface area contributed by atoms with Gasteiger partial charge in [0.25, 0.3) is 5.91 Å². The van der Waals surface area contributed by atoms with Crippen molar-refractivity contribution in [3.63, 3.8) is 0 Å². The lowest BCUT2D eigenvalue weighted by atomic mass is 10.1. The topological polar surface area (TPSA) is 68.0 Å². The molecule has 0 aliphatic heterocycles. The Morgan fingerprint density at radius 3 is 2.82 bits per heavy atom. The van der Waals surface area contributed by atoms with Gasteiger partial charge < -0.3 is 5.73 Å². The number of hydrogen-bond donors (Lipinski definition) is 2. The van der Waals surface area contributed by atoms with Crippen molar-refractivity contribution in [1.29, 1.82) is 0 Å². The first-order valence-electron chi connectivity index (χ1n) is 4.84. The van der Waals surface area contributed by atoms with Crippen LogP contribution in [0.25, 0.3) is 0 Å². The normalized spacial score (nSPS) is 10.2. The maximum atomic E-state index is 11.9. The fourth-order valence-electron chi connectivity index (χ4n) is 1.43. The number of nitrogens with zero attached hydrogens (tertiary/aromatic N) is 1. The Labute approximate surface area is 111 Å². The summed E-state index contributed by atoms with van der Waals surface area (Å²) in [7, 11) is 0.